The van der Waals surface area contributed by atoms with Crippen LogP contribution in [0.4, 0.5) is 22.0 Å². The Morgan fingerprint density at radius 2 is 1.64 bits per heavy atom. The summed E-state index contributed by atoms with van der Waals surface area (Å²) in [6.07, 6.45) is -6.17. The van der Waals surface area contributed by atoms with Crippen molar-refractivity contribution in [3.63, 3.8) is 0 Å². The molecular formula is C15H14F5NO4. The highest BCUT2D eigenvalue weighted by Gasteiger charge is 2.42. The summed E-state index contributed by atoms with van der Waals surface area (Å²) in [5.41, 5.74) is -6.03. The minimum absolute atomic E-state index is 0.301. The molecule has 0 amide bonds. The molecule has 0 saturated heterocycles. The largest absolute Gasteiger partial charge is 0.465 e. The number of carbonyl (C=O) groups excluding carboxylic acids is 2. The van der Waals surface area contributed by atoms with Crippen LogP contribution in [0.2, 0.25) is 0 Å². The van der Waals surface area contributed by atoms with Crippen molar-refractivity contribution in [2.75, 3.05) is 14.2 Å². The Bertz CT molecular complexity index is 698. The SMILES string of the molecule is CC/C=C/c1c(C(=O)OC)c(C(F)F)nc(C(F)(F)F)c1C(=O)OC. The van der Waals surface area contributed by atoms with Gasteiger partial charge in [0.15, 0.2) is 5.69 Å². The van der Waals surface area contributed by atoms with E-state index in [1.807, 2.05) is 0 Å². The highest BCUT2D eigenvalue weighted by Crippen LogP contribution is 2.37. The van der Waals surface area contributed by atoms with Crippen LogP contribution in [0.1, 0.15) is 57.4 Å². The fraction of sp³-hybridized carbons (Fsp3) is 0.400. The van der Waals surface area contributed by atoms with Crippen LogP contribution in [0.25, 0.3) is 6.08 Å². The number of carbonyl (C=O) groups is 2. The number of aromatic nitrogens is 1. The van der Waals surface area contributed by atoms with Gasteiger partial charge in [-0.2, -0.15) is 13.2 Å². The number of nitrogens with zero attached hydrogens (tertiary/aromatic N) is 1. The number of pyridine rings is 1. The maximum Gasteiger partial charge on any atom is 0.434 e. The number of rotatable bonds is 5. The van der Waals surface area contributed by atoms with Gasteiger partial charge in [-0.1, -0.05) is 19.1 Å². The first-order chi connectivity index (χ1) is 11.6. The topological polar surface area (TPSA) is 65.5 Å². The number of allylic oxidation sites excluding steroid dienone is 1. The third kappa shape index (κ3) is 4.31. The first-order valence-corrected chi connectivity index (χ1v) is 6.86. The van der Waals surface area contributed by atoms with Crippen LogP contribution >= 0.6 is 0 Å². The van der Waals surface area contributed by atoms with Gasteiger partial charge in [0.1, 0.15) is 5.69 Å². The van der Waals surface area contributed by atoms with Gasteiger partial charge in [-0.3, -0.25) is 0 Å². The summed E-state index contributed by atoms with van der Waals surface area (Å²) < 4.78 is 74.9. The third-order valence-corrected chi connectivity index (χ3v) is 3.04. The van der Waals surface area contributed by atoms with E-state index < -0.39 is 52.6 Å². The van der Waals surface area contributed by atoms with Crippen LogP contribution in [0.15, 0.2) is 6.08 Å². The van der Waals surface area contributed by atoms with Crippen molar-refractivity contribution in [2.24, 2.45) is 0 Å². The molecule has 1 aromatic rings. The normalized spacial score (nSPS) is 11.9. The van der Waals surface area contributed by atoms with Crippen LogP contribution in [0, 0.1) is 0 Å². The van der Waals surface area contributed by atoms with Crippen LogP contribution in [-0.2, 0) is 15.7 Å². The van der Waals surface area contributed by atoms with E-state index in [9.17, 15) is 31.5 Å². The van der Waals surface area contributed by atoms with Crippen molar-refractivity contribution in [3.05, 3.63) is 34.2 Å². The molecular weight excluding hydrogens is 353 g/mol. The standard InChI is InChI=1S/C15H14F5NO4/c1-4-5-6-7-8(13(22)24-2)10(12(16)17)21-11(15(18,19)20)9(7)14(23)25-3/h5-6,12H,4H2,1-3H3/b6-5+. The molecule has 1 heterocycles. The van der Waals surface area contributed by atoms with Gasteiger partial charge in [0.05, 0.1) is 25.3 Å². The van der Waals surface area contributed by atoms with E-state index in [2.05, 4.69) is 14.5 Å². The summed E-state index contributed by atoms with van der Waals surface area (Å²) in [5.74, 6) is -2.82. The fourth-order valence-electron chi connectivity index (χ4n) is 2.01. The Balaban J connectivity index is 4.09. The summed E-state index contributed by atoms with van der Waals surface area (Å²) in [5, 5.41) is 0. The van der Waals surface area contributed by atoms with Gasteiger partial charge in [0, 0.05) is 5.56 Å². The highest BCUT2D eigenvalue weighted by molar-refractivity contribution is 6.02. The van der Waals surface area contributed by atoms with Crippen molar-refractivity contribution in [3.8, 4) is 0 Å². The molecule has 0 aliphatic rings. The maximum absolute atomic E-state index is 13.2. The molecule has 5 nitrogen and oxygen atoms in total. The van der Waals surface area contributed by atoms with Crippen molar-refractivity contribution in [1.82, 2.24) is 4.98 Å². The van der Waals surface area contributed by atoms with Gasteiger partial charge < -0.3 is 9.47 Å². The molecule has 0 aromatic carbocycles. The number of alkyl halides is 5. The van der Waals surface area contributed by atoms with Gasteiger partial charge in [0.2, 0.25) is 0 Å². The quantitative estimate of drug-likeness (QED) is 0.581. The minimum atomic E-state index is -5.23. The molecule has 0 spiro atoms. The minimum Gasteiger partial charge on any atom is -0.465 e. The summed E-state index contributed by atoms with van der Waals surface area (Å²) in [4.78, 5) is 26.6. The van der Waals surface area contributed by atoms with Crippen LogP contribution in [-0.4, -0.2) is 31.1 Å². The second kappa shape index (κ2) is 8.04. The first-order valence-electron chi connectivity index (χ1n) is 6.86. The Hall–Kier alpha value is -2.52. The highest BCUT2D eigenvalue weighted by atomic mass is 19.4. The van der Waals surface area contributed by atoms with Crippen LogP contribution < -0.4 is 0 Å². The molecule has 0 fully saturated rings. The van der Waals surface area contributed by atoms with Gasteiger partial charge in [-0.25, -0.2) is 23.4 Å². The van der Waals surface area contributed by atoms with E-state index >= 15 is 0 Å². The lowest BCUT2D eigenvalue weighted by atomic mass is 9.96. The fourth-order valence-corrected chi connectivity index (χ4v) is 2.01. The number of ether oxygens (including phenoxy) is 2. The van der Waals surface area contributed by atoms with Crippen molar-refractivity contribution < 1.29 is 41.0 Å². The molecule has 0 bridgehead atoms. The van der Waals surface area contributed by atoms with E-state index in [0.717, 1.165) is 20.3 Å². The third-order valence-electron chi connectivity index (χ3n) is 3.04. The second-order valence-corrected chi connectivity index (χ2v) is 4.60. The predicted molar refractivity (Wildman–Crippen MR) is 76.2 cm³/mol. The average Bonchev–Trinajstić information content (AvgIpc) is 2.55. The first kappa shape index (κ1) is 20.5. The summed E-state index contributed by atoms with van der Waals surface area (Å²) in [6.45, 7) is 1.62. The molecule has 25 heavy (non-hydrogen) atoms. The number of hydrogen-bond donors (Lipinski definition) is 0. The van der Waals surface area contributed by atoms with Gasteiger partial charge in [-0.15, -0.1) is 0 Å². The molecule has 0 unspecified atom stereocenters. The lowest BCUT2D eigenvalue weighted by Gasteiger charge is -2.18. The molecule has 0 aliphatic heterocycles. The molecule has 0 N–H and O–H groups in total. The van der Waals surface area contributed by atoms with E-state index in [0.29, 0.717) is 6.42 Å². The van der Waals surface area contributed by atoms with Crippen LogP contribution in [0.3, 0.4) is 0 Å². The van der Waals surface area contributed by atoms with E-state index in [1.165, 1.54) is 6.08 Å². The monoisotopic (exact) mass is 367 g/mol. The molecule has 0 aliphatic carbocycles. The summed E-state index contributed by atoms with van der Waals surface area (Å²) >= 11 is 0. The van der Waals surface area contributed by atoms with E-state index in [1.54, 1.807) is 6.92 Å². The zero-order valence-electron chi connectivity index (χ0n) is 13.4. The lowest BCUT2D eigenvalue weighted by Crippen LogP contribution is -2.23. The molecule has 1 aromatic heterocycles. The Morgan fingerprint density at radius 1 is 1.12 bits per heavy atom. The Kier molecular flexibility index (Phi) is 6.60. The molecule has 10 heteroatoms. The maximum atomic E-state index is 13.2. The van der Waals surface area contributed by atoms with Crippen molar-refractivity contribution in [2.45, 2.75) is 25.9 Å². The number of esters is 2. The second-order valence-electron chi connectivity index (χ2n) is 4.60. The zero-order valence-corrected chi connectivity index (χ0v) is 13.4. The smallest absolute Gasteiger partial charge is 0.434 e. The zero-order chi connectivity index (χ0) is 19.4. The van der Waals surface area contributed by atoms with Crippen LogP contribution in [0.5, 0.6) is 0 Å². The Labute approximate surface area is 139 Å². The number of hydrogen-bond acceptors (Lipinski definition) is 5. The number of methoxy groups -OCH3 is 2. The molecule has 0 atom stereocenters. The molecule has 0 radical (unpaired) electrons. The summed E-state index contributed by atoms with van der Waals surface area (Å²) in [6, 6.07) is 0. The van der Waals surface area contributed by atoms with Gasteiger partial charge in [0.25, 0.3) is 6.43 Å². The molecule has 138 valence electrons. The van der Waals surface area contributed by atoms with Crippen molar-refractivity contribution >= 4 is 18.0 Å². The summed E-state index contributed by atoms with van der Waals surface area (Å²) in [7, 11) is 1.68. The average molecular weight is 367 g/mol. The van der Waals surface area contributed by atoms with Gasteiger partial charge in [-0.05, 0) is 6.42 Å². The van der Waals surface area contributed by atoms with Crippen molar-refractivity contribution in [1.29, 1.82) is 0 Å². The van der Waals surface area contributed by atoms with E-state index in [-0.39, 0.29) is 0 Å². The van der Waals surface area contributed by atoms with E-state index in [4.69, 9.17) is 0 Å². The Morgan fingerprint density at radius 3 is 2.04 bits per heavy atom. The molecule has 1 rings (SSSR count). The lowest BCUT2D eigenvalue weighted by molar-refractivity contribution is -0.142. The predicted octanol–water partition coefficient (Wildman–Crippen LogP) is 4.03. The number of halogens is 5. The van der Waals surface area contributed by atoms with Gasteiger partial charge >= 0.3 is 18.1 Å². The molecule has 0 saturated carbocycles.